The van der Waals surface area contributed by atoms with E-state index < -0.39 is 0 Å². The number of anilines is 1. The van der Waals surface area contributed by atoms with Crippen molar-refractivity contribution in [1.82, 2.24) is 24.2 Å². The van der Waals surface area contributed by atoms with Gasteiger partial charge >= 0.3 is 0 Å². The normalized spacial score (nSPS) is 18.7. The summed E-state index contributed by atoms with van der Waals surface area (Å²) in [5.74, 6) is 0.899. The van der Waals surface area contributed by atoms with E-state index in [1.807, 2.05) is 6.33 Å². The van der Waals surface area contributed by atoms with E-state index >= 15 is 0 Å². The number of nitrogens with zero attached hydrogens (tertiary/aromatic N) is 6. The monoisotopic (exact) mass is 422 g/mol. The predicted octanol–water partition coefficient (Wildman–Crippen LogP) is 3.91. The molecule has 0 N–H and O–H groups in total. The number of fused-ring (bicyclic) bond motifs is 5. The molecule has 3 aliphatic heterocycles. The standard InChI is InChI=1S/C26H26N6/c1-29-15-26(16-29)9-10-30(17-26)22-7-8-23-21(11-22)14-31-13-20(19-5-3-2-4-6-19)12-24(31)25-28-27-18-32(23)25/h2-8,11-13,18H,9-10,14-17H2,1H3. The highest BCUT2D eigenvalue weighted by Crippen LogP contribution is 2.41. The number of benzene rings is 2. The molecule has 3 aliphatic rings. The molecule has 2 aromatic carbocycles. The van der Waals surface area contributed by atoms with Crippen molar-refractivity contribution in [3.63, 3.8) is 0 Å². The molecule has 1 spiro atoms. The van der Waals surface area contributed by atoms with Gasteiger partial charge in [-0.1, -0.05) is 30.3 Å². The molecular formula is C26H26N6. The zero-order valence-corrected chi connectivity index (χ0v) is 18.3. The van der Waals surface area contributed by atoms with Crippen molar-refractivity contribution >= 4 is 5.69 Å². The van der Waals surface area contributed by atoms with E-state index in [9.17, 15) is 0 Å². The van der Waals surface area contributed by atoms with E-state index in [1.165, 1.54) is 54.1 Å². The molecule has 0 atom stereocenters. The largest absolute Gasteiger partial charge is 0.371 e. The smallest absolute Gasteiger partial charge is 0.185 e. The Morgan fingerprint density at radius 3 is 2.66 bits per heavy atom. The van der Waals surface area contributed by atoms with Crippen LogP contribution in [-0.2, 0) is 6.54 Å². The average molecular weight is 423 g/mol. The Hall–Kier alpha value is -3.38. The minimum atomic E-state index is 0.501. The van der Waals surface area contributed by atoms with E-state index in [-0.39, 0.29) is 0 Å². The molecule has 0 unspecified atom stereocenters. The van der Waals surface area contributed by atoms with Gasteiger partial charge in [-0.05, 0) is 48.9 Å². The molecule has 0 saturated carbocycles. The van der Waals surface area contributed by atoms with Crippen molar-refractivity contribution in [3.8, 4) is 28.3 Å². The van der Waals surface area contributed by atoms with Crippen LogP contribution in [0.25, 0.3) is 28.3 Å². The lowest BCUT2D eigenvalue weighted by atomic mass is 9.79. The number of hydrogen-bond acceptors (Lipinski definition) is 4. The fourth-order valence-corrected chi connectivity index (χ4v) is 6.03. The van der Waals surface area contributed by atoms with Gasteiger partial charge in [-0.15, -0.1) is 10.2 Å². The molecule has 0 radical (unpaired) electrons. The first-order chi connectivity index (χ1) is 15.7. The molecule has 7 rings (SSSR count). The van der Waals surface area contributed by atoms with Crippen LogP contribution in [0.2, 0.25) is 0 Å². The minimum Gasteiger partial charge on any atom is -0.371 e. The van der Waals surface area contributed by atoms with Gasteiger partial charge in [-0.3, -0.25) is 4.57 Å². The van der Waals surface area contributed by atoms with Crippen LogP contribution in [-0.4, -0.2) is 57.5 Å². The third-order valence-electron chi connectivity index (χ3n) is 7.46. The van der Waals surface area contributed by atoms with Crippen LogP contribution in [0.5, 0.6) is 0 Å². The topological polar surface area (TPSA) is 42.1 Å². The summed E-state index contributed by atoms with van der Waals surface area (Å²) < 4.78 is 4.46. The average Bonchev–Trinajstić information content (AvgIpc) is 3.51. The number of hydrogen-bond donors (Lipinski definition) is 0. The highest BCUT2D eigenvalue weighted by atomic mass is 15.3. The van der Waals surface area contributed by atoms with Crippen molar-refractivity contribution < 1.29 is 0 Å². The molecule has 32 heavy (non-hydrogen) atoms. The Morgan fingerprint density at radius 2 is 1.81 bits per heavy atom. The summed E-state index contributed by atoms with van der Waals surface area (Å²) >= 11 is 0. The molecule has 6 nitrogen and oxygen atoms in total. The Balaban J connectivity index is 1.28. The fourth-order valence-electron chi connectivity index (χ4n) is 6.03. The van der Waals surface area contributed by atoms with Gasteiger partial charge in [-0.2, -0.15) is 0 Å². The predicted molar refractivity (Wildman–Crippen MR) is 126 cm³/mol. The van der Waals surface area contributed by atoms with Crippen molar-refractivity contribution in [2.45, 2.75) is 13.0 Å². The molecular weight excluding hydrogens is 396 g/mol. The first-order valence-electron chi connectivity index (χ1n) is 11.4. The van der Waals surface area contributed by atoms with Crippen LogP contribution in [0.4, 0.5) is 5.69 Å². The molecule has 0 bridgehead atoms. The number of likely N-dealkylation sites (tertiary alicyclic amines) is 1. The van der Waals surface area contributed by atoms with Gasteiger partial charge in [0.05, 0.1) is 11.4 Å². The zero-order valence-electron chi connectivity index (χ0n) is 18.3. The Labute approximate surface area is 187 Å². The van der Waals surface area contributed by atoms with Gasteiger partial charge in [0.1, 0.15) is 6.33 Å². The lowest BCUT2D eigenvalue weighted by Gasteiger charge is -2.46. The van der Waals surface area contributed by atoms with Crippen molar-refractivity contribution in [2.75, 3.05) is 38.1 Å². The summed E-state index contributed by atoms with van der Waals surface area (Å²) in [7, 11) is 2.23. The lowest BCUT2D eigenvalue weighted by Crippen LogP contribution is -2.55. The lowest BCUT2D eigenvalue weighted by molar-refractivity contribution is 0.0424. The van der Waals surface area contributed by atoms with E-state index in [2.05, 4.69) is 97.0 Å². The summed E-state index contributed by atoms with van der Waals surface area (Å²) in [5.41, 5.74) is 7.87. The first-order valence-corrected chi connectivity index (χ1v) is 11.4. The molecule has 2 aromatic heterocycles. The SMILES string of the molecule is CN1CC2(CCN(c3ccc4c(c3)Cn3cc(-c5ccccc5)cc3-c3nncn3-4)C2)C1. The third-order valence-corrected chi connectivity index (χ3v) is 7.46. The highest BCUT2D eigenvalue weighted by Gasteiger charge is 2.46. The van der Waals surface area contributed by atoms with Crippen LogP contribution >= 0.6 is 0 Å². The van der Waals surface area contributed by atoms with Crippen molar-refractivity contribution in [3.05, 3.63) is 72.7 Å². The number of rotatable bonds is 2. The van der Waals surface area contributed by atoms with Gasteiger partial charge < -0.3 is 14.4 Å². The van der Waals surface area contributed by atoms with E-state index in [0.29, 0.717) is 5.41 Å². The first kappa shape index (κ1) is 18.2. The molecule has 2 fully saturated rings. The molecule has 6 heteroatoms. The summed E-state index contributed by atoms with van der Waals surface area (Å²) in [6.45, 7) is 5.61. The maximum absolute atomic E-state index is 4.49. The Kier molecular flexibility index (Phi) is 3.73. The molecule has 4 aromatic rings. The van der Waals surface area contributed by atoms with E-state index in [0.717, 1.165) is 24.6 Å². The summed E-state index contributed by atoms with van der Waals surface area (Å²) in [5, 5.41) is 8.74. The summed E-state index contributed by atoms with van der Waals surface area (Å²) in [6.07, 6.45) is 5.39. The van der Waals surface area contributed by atoms with Gasteiger partial charge in [0.15, 0.2) is 5.82 Å². The van der Waals surface area contributed by atoms with Crippen LogP contribution in [0.3, 0.4) is 0 Å². The zero-order chi connectivity index (χ0) is 21.3. The molecule has 0 amide bonds. The van der Waals surface area contributed by atoms with Crippen molar-refractivity contribution in [2.24, 2.45) is 5.41 Å². The van der Waals surface area contributed by atoms with Crippen LogP contribution < -0.4 is 4.90 Å². The molecule has 0 aliphatic carbocycles. The second-order valence-corrected chi connectivity index (χ2v) is 9.79. The van der Waals surface area contributed by atoms with E-state index in [4.69, 9.17) is 0 Å². The quantitative estimate of drug-likeness (QED) is 0.433. The highest BCUT2D eigenvalue weighted by molar-refractivity contribution is 5.72. The van der Waals surface area contributed by atoms with Gasteiger partial charge in [0, 0.05) is 55.6 Å². The van der Waals surface area contributed by atoms with E-state index in [1.54, 1.807) is 0 Å². The molecule has 2 saturated heterocycles. The maximum Gasteiger partial charge on any atom is 0.185 e. The van der Waals surface area contributed by atoms with Crippen LogP contribution in [0, 0.1) is 5.41 Å². The third kappa shape index (κ3) is 2.69. The number of aromatic nitrogens is 4. The second kappa shape index (κ2) is 6.56. The van der Waals surface area contributed by atoms with Gasteiger partial charge in [0.2, 0.25) is 0 Å². The van der Waals surface area contributed by atoms with Crippen LogP contribution in [0.15, 0.2) is 67.1 Å². The van der Waals surface area contributed by atoms with Gasteiger partial charge in [0.25, 0.3) is 0 Å². The molecule has 160 valence electrons. The van der Waals surface area contributed by atoms with Crippen LogP contribution in [0.1, 0.15) is 12.0 Å². The summed E-state index contributed by atoms with van der Waals surface area (Å²) in [6, 6.07) is 19.7. The Bertz CT molecular complexity index is 1310. The maximum atomic E-state index is 4.49. The van der Waals surface area contributed by atoms with Gasteiger partial charge in [-0.25, -0.2) is 0 Å². The Morgan fingerprint density at radius 1 is 0.938 bits per heavy atom. The second-order valence-electron chi connectivity index (χ2n) is 9.79. The summed E-state index contributed by atoms with van der Waals surface area (Å²) in [4.78, 5) is 5.02. The fraction of sp³-hybridized carbons (Fsp3) is 0.308. The van der Waals surface area contributed by atoms with Crippen molar-refractivity contribution in [1.29, 1.82) is 0 Å². The minimum absolute atomic E-state index is 0.501. The molecule has 5 heterocycles.